The second-order valence-corrected chi connectivity index (χ2v) is 8.02. The second-order valence-electron chi connectivity index (χ2n) is 5.53. The summed E-state index contributed by atoms with van der Waals surface area (Å²) in [5.74, 6) is 0.206. The van der Waals surface area contributed by atoms with Gasteiger partial charge in [-0.2, -0.15) is 4.31 Å². The molecule has 0 amide bonds. The summed E-state index contributed by atoms with van der Waals surface area (Å²) in [7, 11) is -3.14. The maximum atomic E-state index is 12.1. The lowest BCUT2D eigenvalue weighted by Gasteiger charge is -2.18. The number of rotatable bonds is 5. The minimum Gasteiger partial charge on any atom is -0.379 e. The molecule has 2 aromatic heterocycles. The fraction of sp³-hybridized carbons (Fsp3) is 0.500. The predicted octanol–water partition coefficient (Wildman–Crippen LogP) is 2.44. The van der Waals surface area contributed by atoms with Crippen molar-refractivity contribution < 1.29 is 8.42 Å². The number of fused-ring (bicyclic) bond motifs is 1. The van der Waals surface area contributed by atoms with Gasteiger partial charge in [-0.1, -0.05) is 18.5 Å². The second kappa shape index (κ2) is 6.06. The van der Waals surface area contributed by atoms with Crippen LogP contribution >= 0.6 is 11.6 Å². The van der Waals surface area contributed by atoms with Crippen LogP contribution in [0.3, 0.4) is 0 Å². The van der Waals surface area contributed by atoms with Crippen molar-refractivity contribution in [3.63, 3.8) is 0 Å². The van der Waals surface area contributed by atoms with Crippen LogP contribution in [-0.4, -0.2) is 47.6 Å². The Labute approximate surface area is 134 Å². The molecule has 3 heterocycles. The van der Waals surface area contributed by atoms with Crippen LogP contribution in [-0.2, 0) is 10.0 Å². The zero-order chi connectivity index (χ0) is 15.7. The highest BCUT2D eigenvalue weighted by molar-refractivity contribution is 7.89. The van der Waals surface area contributed by atoms with Gasteiger partial charge in [0.15, 0.2) is 0 Å². The molecule has 0 saturated carbocycles. The molecule has 1 atom stereocenters. The molecule has 22 heavy (non-hydrogen) atoms. The normalized spacial score (nSPS) is 19.8. The molecule has 2 aromatic rings. The molecule has 1 aliphatic rings. The molecule has 8 heteroatoms. The fourth-order valence-electron chi connectivity index (χ4n) is 2.82. The van der Waals surface area contributed by atoms with E-state index in [1.54, 1.807) is 10.5 Å². The minimum atomic E-state index is -3.14. The van der Waals surface area contributed by atoms with E-state index in [0.717, 1.165) is 23.1 Å². The summed E-state index contributed by atoms with van der Waals surface area (Å²) < 4.78 is 25.8. The number of halogens is 1. The molecule has 2 N–H and O–H groups in total. The van der Waals surface area contributed by atoms with E-state index in [1.807, 2.05) is 19.2 Å². The molecule has 1 saturated heterocycles. The van der Waals surface area contributed by atoms with Gasteiger partial charge in [-0.15, -0.1) is 0 Å². The van der Waals surface area contributed by atoms with Gasteiger partial charge in [-0.05, 0) is 18.9 Å². The Bertz CT molecular complexity index is 774. The van der Waals surface area contributed by atoms with Gasteiger partial charge in [0, 0.05) is 30.7 Å². The molecule has 0 bridgehead atoms. The summed E-state index contributed by atoms with van der Waals surface area (Å²) >= 11 is 6.24. The van der Waals surface area contributed by atoms with Crippen molar-refractivity contribution in [2.45, 2.75) is 25.8 Å². The maximum Gasteiger partial charge on any atom is 0.214 e. The molecule has 6 nitrogen and oxygen atoms in total. The van der Waals surface area contributed by atoms with Crippen LogP contribution in [0, 0.1) is 0 Å². The first kappa shape index (κ1) is 15.6. The molecule has 0 spiro atoms. The number of nitrogens with zero attached hydrogens (tertiary/aromatic N) is 2. The zero-order valence-electron chi connectivity index (χ0n) is 12.3. The number of hydrogen-bond donors (Lipinski definition) is 2. The Morgan fingerprint density at radius 3 is 3.14 bits per heavy atom. The molecule has 0 radical (unpaired) electrons. The quantitative estimate of drug-likeness (QED) is 0.874. The Balaban J connectivity index is 1.77. The lowest BCUT2D eigenvalue weighted by atomic mass is 10.2. The first-order valence-corrected chi connectivity index (χ1v) is 9.36. The zero-order valence-corrected chi connectivity index (χ0v) is 13.9. The first-order chi connectivity index (χ1) is 10.5. The number of aromatic amines is 1. The lowest BCUT2D eigenvalue weighted by Crippen LogP contribution is -2.33. The van der Waals surface area contributed by atoms with E-state index in [2.05, 4.69) is 15.3 Å². The van der Waals surface area contributed by atoms with Gasteiger partial charge in [-0.3, -0.25) is 0 Å². The van der Waals surface area contributed by atoms with E-state index < -0.39 is 10.0 Å². The Kier molecular flexibility index (Phi) is 4.29. The number of H-pyrrole nitrogens is 1. The van der Waals surface area contributed by atoms with Crippen LogP contribution in [0.2, 0.25) is 5.02 Å². The topological polar surface area (TPSA) is 78.1 Å². The smallest absolute Gasteiger partial charge is 0.214 e. The van der Waals surface area contributed by atoms with Crippen molar-refractivity contribution in [1.82, 2.24) is 14.3 Å². The number of hydrogen-bond acceptors (Lipinski definition) is 4. The van der Waals surface area contributed by atoms with E-state index >= 15 is 0 Å². The van der Waals surface area contributed by atoms with Gasteiger partial charge in [-0.25, -0.2) is 13.4 Å². The fourth-order valence-corrected chi connectivity index (χ4v) is 4.59. The molecule has 3 rings (SSSR count). The molecular weight excluding hydrogens is 324 g/mol. The molecule has 0 aliphatic carbocycles. The van der Waals surface area contributed by atoms with Gasteiger partial charge < -0.3 is 10.3 Å². The highest BCUT2D eigenvalue weighted by Crippen LogP contribution is 2.31. The van der Waals surface area contributed by atoms with Crippen LogP contribution in [0.25, 0.3) is 11.0 Å². The van der Waals surface area contributed by atoms with E-state index in [1.165, 1.54) is 0 Å². The number of anilines is 1. The van der Waals surface area contributed by atoms with Gasteiger partial charge in [0.05, 0.1) is 22.7 Å². The maximum absolute atomic E-state index is 12.1. The van der Waals surface area contributed by atoms with Crippen molar-refractivity contribution in [2.75, 3.05) is 24.2 Å². The average molecular weight is 343 g/mol. The summed E-state index contributed by atoms with van der Waals surface area (Å²) in [6.45, 7) is 2.91. The van der Waals surface area contributed by atoms with Crippen molar-refractivity contribution in [1.29, 1.82) is 0 Å². The molecule has 0 aromatic carbocycles. The van der Waals surface area contributed by atoms with E-state index in [9.17, 15) is 8.42 Å². The van der Waals surface area contributed by atoms with Crippen LogP contribution in [0.4, 0.5) is 5.69 Å². The van der Waals surface area contributed by atoms with Crippen molar-refractivity contribution in [3.05, 3.63) is 23.5 Å². The van der Waals surface area contributed by atoms with E-state index in [4.69, 9.17) is 11.6 Å². The van der Waals surface area contributed by atoms with Crippen LogP contribution in [0.5, 0.6) is 0 Å². The third-order valence-electron chi connectivity index (χ3n) is 3.90. The SMILES string of the molecule is CCCS(=O)(=O)N1CC[C@@H](Nc2c(Cl)cnc3[nH]ccc23)C1. The molecule has 1 fully saturated rings. The summed E-state index contributed by atoms with van der Waals surface area (Å²) in [6.07, 6.45) is 4.82. The molecule has 1 aliphatic heterocycles. The molecule has 120 valence electrons. The van der Waals surface area contributed by atoms with Gasteiger partial charge in [0.25, 0.3) is 0 Å². The molecule has 0 unspecified atom stereocenters. The van der Waals surface area contributed by atoms with Crippen molar-refractivity contribution in [3.8, 4) is 0 Å². The van der Waals surface area contributed by atoms with Crippen molar-refractivity contribution in [2.24, 2.45) is 0 Å². The van der Waals surface area contributed by atoms with Gasteiger partial charge >= 0.3 is 0 Å². The third-order valence-corrected chi connectivity index (χ3v) is 6.22. The van der Waals surface area contributed by atoms with Gasteiger partial charge in [0.2, 0.25) is 10.0 Å². The van der Waals surface area contributed by atoms with E-state index in [0.29, 0.717) is 24.5 Å². The molecular formula is C14H19ClN4O2S. The van der Waals surface area contributed by atoms with Crippen LogP contribution < -0.4 is 5.32 Å². The Morgan fingerprint density at radius 2 is 2.36 bits per heavy atom. The number of nitrogens with one attached hydrogen (secondary N) is 2. The highest BCUT2D eigenvalue weighted by Gasteiger charge is 2.31. The first-order valence-electron chi connectivity index (χ1n) is 7.37. The Morgan fingerprint density at radius 1 is 1.55 bits per heavy atom. The van der Waals surface area contributed by atoms with Crippen molar-refractivity contribution >= 4 is 38.3 Å². The van der Waals surface area contributed by atoms with Crippen LogP contribution in [0.15, 0.2) is 18.5 Å². The van der Waals surface area contributed by atoms with Gasteiger partial charge in [0.1, 0.15) is 5.65 Å². The average Bonchev–Trinajstić information content (AvgIpc) is 3.11. The lowest BCUT2D eigenvalue weighted by molar-refractivity contribution is 0.474. The summed E-state index contributed by atoms with van der Waals surface area (Å²) in [4.78, 5) is 7.27. The number of pyridine rings is 1. The summed E-state index contributed by atoms with van der Waals surface area (Å²) in [6, 6.07) is 1.97. The third kappa shape index (κ3) is 2.93. The summed E-state index contributed by atoms with van der Waals surface area (Å²) in [5, 5.41) is 4.85. The highest BCUT2D eigenvalue weighted by atomic mass is 35.5. The number of sulfonamides is 1. The minimum absolute atomic E-state index is 0.0598. The monoisotopic (exact) mass is 342 g/mol. The van der Waals surface area contributed by atoms with E-state index in [-0.39, 0.29) is 11.8 Å². The Hall–Kier alpha value is -1.31. The number of aromatic nitrogens is 2. The van der Waals surface area contributed by atoms with Crippen LogP contribution in [0.1, 0.15) is 19.8 Å². The predicted molar refractivity (Wildman–Crippen MR) is 88.8 cm³/mol. The summed E-state index contributed by atoms with van der Waals surface area (Å²) in [5.41, 5.74) is 1.58. The largest absolute Gasteiger partial charge is 0.379 e. The standard InChI is InChI=1S/C14H19ClN4O2S/c1-2-7-22(20,21)19-6-4-10(9-19)18-13-11-3-5-16-14(11)17-8-12(13)15/h3,5,8,10H,2,4,6-7,9H2,1H3,(H2,16,17,18)/t10-/m1/s1.